The van der Waals surface area contributed by atoms with Crippen LogP contribution in [-0.4, -0.2) is 49.4 Å². The number of rotatable bonds is 7. The van der Waals surface area contributed by atoms with E-state index in [0.717, 1.165) is 19.3 Å². The first-order valence-electron chi connectivity index (χ1n) is 9.59. The molecule has 5 nitrogen and oxygen atoms in total. The topological polar surface area (TPSA) is 52.7 Å². The van der Waals surface area contributed by atoms with Crippen molar-refractivity contribution >= 4 is 17.5 Å². The van der Waals surface area contributed by atoms with Crippen molar-refractivity contribution in [3.05, 3.63) is 30.1 Å². The fourth-order valence-corrected chi connectivity index (χ4v) is 4.03. The molecule has 2 fully saturated rings. The number of hydrogen-bond donors (Lipinski definition) is 1. The summed E-state index contributed by atoms with van der Waals surface area (Å²) in [7, 11) is 1.84. The molecule has 1 aliphatic carbocycles. The zero-order valence-electron chi connectivity index (χ0n) is 15.4. The van der Waals surface area contributed by atoms with Crippen LogP contribution in [0.4, 0.5) is 10.1 Å². The lowest BCUT2D eigenvalue weighted by molar-refractivity contribution is -0.130. The van der Waals surface area contributed by atoms with Gasteiger partial charge in [-0.25, -0.2) is 4.39 Å². The number of halogens is 1. The van der Waals surface area contributed by atoms with Gasteiger partial charge < -0.3 is 15.1 Å². The van der Waals surface area contributed by atoms with Crippen molar-refractivity contribution in [3.63, 3.8) is 0 Å². The molecule has 1 saturated heterocycles. The normalized spacial score (nSPS) is 20.6. The van der Waals surface area contributed by atoms with Crippen molar-refractivity contribution in [1.29, 1.82) is 0 Å². The fourth-order valence-electron chi connectivity index (χ4n) is 4.03. The number of nitrogens with zero attached hydrogens (tertiary/aromatic N) is 2. The maximum Gasteiger partial charge on any atom is 0.225 e. The van der Waals surface area contributed by atoms with Crippen LogP contribution in [0.15, 0.2) is 24.3 Å². The van der Waals surface area contributed by atoms with E-state index in [4.69, 9.17) is 0 Å². The van der Waals surface area contributed by atoms with E-state index >= 15 is 0 Å². The highest BCUT2D eigenvalue weighted by Crippen LogP contribution is 2.29. The van der Waals surface area contributed by atoms with Gasteiger partial charge in [-0.2, -0.15) is 0 Å². The second-order valence-corrected chi connectivity index (χ2v) is 7.40. The Morgan fingerprint density at radius 1 is 1.31 bits per heavy atom. The number of amides is 2. The highest BCUT2D eigenvalue weighted by molar-refractivity contribution is 5.89. The van der Waals surface area contributed by atoms with Crippen LogP contribution in [-0.2, 0) is 9.59 Å². The molecule has 0 radical (unpaired) electrons. The van der Waals surface area contributed by atoms with Gasteiger partial charge in [0.2, 0.25) is 11.8 Å². The number of likely N-dealkylation sites (tertiary alicyclic amines) is 1. The molecule has 1 N–H and O–H groups in total. The Morgan fingerprint density at radius 2 is 2.04 bits per heavy atom. The van der Waals surface area contributed by atoms with Gasteiger partial charge >= 0.3 is 0 Å². The molecule has 1 atom stereocenters. The average Bonchev–Trinajstić information content (AvgIpc) is 3.28. The minimum atomic E-state index is -0.240. The summed E-state index contributed by atoms with van der Waals surface area (Å²) in [6.07, 6.45) is 5.56. The summed E-state index contributed by atoms with van der Waals surface area (Å²) < 4.78 is 13.7. The highest BCUT2D eigenvalue weighted by Gasteiger charge is 2.38. The van der Waals surface area contributed by atoms with Crippen LogP contribution in [0, 0.1) is 11.7 Å². The largest absolute Gasteiger partial charge is 0.372 e. The molecule has 142 valence electrons. The standard InChI is InChI=1S/C20H28FN3O2/c1-23(18-10-5-4-9-17(18)21)12-6-11-22-20(26)15-13-19(25)24(14-15)16-7-2-3-8-16/h4-5,9-10,15-16H,2-3,6-8,11-14H2,1H3,(H,22,26). The first-order chi connectivity index (χ1) is 12.6. The number of para-hydroxylation sites is 1. The molecule has 3 rings (SSSR count). The van der Waals surface area contributed by atoms with Crippen LogP contribution < -0.4 is 10.2 Å². The predicted octanol–water partition coefficient (Wildman–Crippen LogP) is 2.56. The summed E-state index contributed by atoms with van der Waals surface area (Å²) >= 11 is 0. The first-order valence-corrected chi connectivity index (χ1v) is 9.59. The van der Waals surface area contributed by atoms with E-state index in [2.05, 4.69) is 5.32 Å². The third kappa shape index (κ3) is 4.34. The van der Waals surface area contributed by atoms with E-state index in [0.29, 0.717) is 37.8 Å². The maximum atomic E-state index is 13.7. The van der Waals surface area contributed by atoms with E-state index in [9.17, 15) is 14.0 Å². The number of anilines is 1. The SMILES string of the molecule is CN(CCCNC(=O)C1CC(=O)N(C2CCCC2)C1)c1ccccc1F. The smallest absolute Gasteiger partial charge is 0.225 e. The van der Waals surface area contributed by atoms with Gasteiger partial charge in [-0.1, -0.05) is 25.0 Å². The molecule has 26 heavy (non-hydrogen) atoms. The molecule has 0 aromatic heterocycles. The van der Waals surface area contributed by atoms with Crippen molar-refractivity contribution in [1.82, 2.24) is 10.2 Å². The molecule has 0 bridgehead atoms. The monoisotopic (exact) mass is 361 g/mol. The quantitative estimate of drug-likeness (QED) is 0.760. The number of carbonyl (C=O) groups is 2. The van der Waals surface area contributed by atoms with Gasteiger partial charge in [0.1, 0.15) is 5.82 Å². The average molecular weight is 361 g/mol. The van der Waals surface area contributed by atoms with Crippen molar-refractivity contribution < 1.29 is 14.0 Å². The number of carbonyl (C=O) groups excluding carboxylic acids is 2. The lowest BCUT2D eigenvalue weighted by Crippen LogP contribution is -2.37. The van der Waals surface area contributed by atoms with E-state index in [1.54, 1.807) is 12.1 Å². The Balaban J connectivity index is 1.39. The van der Waals surface area contributed by atoms with Crippen molar-refractivity contribution in [2.75, 3.05) is 31.6 Å². The maximum absolute atomic E-state index is 13.7. The fraction of sp³-hybridized carbons (Fsp3) is 0.600. The predicted molar refractivity (Wildman–Crippen MR) is 99.4 cm³/mol. The molecule has 1 unspecified atom stereocenters. The van der Waals surface area contributed by atoms with E-state index in [-0.39, 0.29) is 23.5 Å². The van der Waals surface area contributed by atoms with Crippen molar-refractivity contribution in [2.24, 2.45) is 5.92 Å². The Kier molecular flexibility index (Phi) is 6.12. The lowest BCUT2D eigenvalue weighted by atomic mass is 10.1. The minimum Gasteiger partial charge on any atom is -0.372 e. The summed E-state index contributed by atoms with van der Waals surface area (Å²) in [4.78, 5) is 28.3. The summed E-state index contributed by atoms with van der Waals surface area (Å²) in [5, 5.41) is 2.94. The lowest BCUT2D eigenvalue weighted by Gasteiger charge is -2.24. The molecule has 1 saturated carbocycles. The van der Waals surface area contributed by atoms with Crippen LogP contribution in [0.5, 0.6) is 0 Å². The van der Waals surface area contributed by atoms with Crippen LogP contribution in [0.25, 0.3) is 0 Å². The Morgan fingerprint density at radius 3 is 2.77 bits per heavy atom. The van der Waals surface area contributed by atoms with Crippen molar-refractivity contribution in [3.8, 4) is 0 Å². The Labute approximate surface area is 154 Å². The van der Waals surface area contributed by atoms with Gasteiger partial charge in [0.25, 0.3) is 0 Å². The molecule has 1 heterocycles. The second-order valence-electron chi connectivity index (χ2n) is 7.40. The van der Waals surface area contributed by atoms with Gasteiger partial charge in [0.15, 0.2) is 0 Å². The van der Waals surface area contributed by atoms with Crippen LogP contribution >= 0.6 is 0 Å². The second kappa shape index (κ2) is 8.52. The van der Waals surface area contributed by atoms with Crippen LogP contribution in [0.3, 0.4) is 0 Å². The molecular formula is C20H28FN3O2. The van der Waals surface area contributed by atoms with Crippen molar-refractivity contribution in [2.45, 2.75) is 44.6 Å². The minimum absolute atomic E-state index is 0.0348. The van der Waals surface area contributed by atoms with Gasteiger partial charge in [0.05, 0.1) is 11.6 Å². The van der Waals surface area contributed by atoms with Crippen LogP contribution in [0.2, 0.25) is 0 Å². The van der Waals surface area contributed by atoms with E-state index in [1.165, 1.54) is 18.9 Å². The van der Waals surface area contributed by atoms with Gasteiger partial charge in [-0.15, -0.1) is 0 Å². The third-order valence-corrected chi connectivity index (χ3v) is 5.53. The molecular weight excluding hydrogens is 333 g/mol. The summed E-state index contributed by atoms with van der Waals surface area (Å²) in [6, 6.07) is 7.01. The van der Waals surface area contributed by atoms with E-state index < -0.39 is 0 Å². The summed E-state index contributed by atoms with van der Waals surface area (Å²) in [5.41, 5.74) is 0.562. The van der Waals surface area contributed by atoms with Gasteiger partial charge in [0, 0.05) is 39.1 Å². The van der Waals surface area contributed by atoms with Crippen LogP contribution in [0.1, 0.15) is 38.5 Å². The Hall–Kier alpha value is -2.11. The number of nitrogens with one attached hydrogen (secondary N) is 1. The molecule has 0 spiro atoms. The molecule has 1 aliphatic heterocycles. The molecule has 2 aliphatic rings. The van der Waals surface area contributed by atoms with Gasteiger partial charge in [-0.3, -0.25) is 9.59 Å². The first kappa shape index (κ1) is 18.7. The Bertz CT molecular complexity index is 646. The molecule has 1 aromatic rings. The molecule has 2 amide bonds. The molecule has 1 aromatic carbocycles. The third-order valence-electron chi connectivity index (χ3n) is 5.53. The van der Waals surface area contributed by atoms with Gasteiger partial charge in [-0.05, 0) is 31.4 Å². The number of hydrogen-bond acceptors (Lipinski definition) is 3. The molecule has 6 heteroatoms. The van der Waals surface area contributed by atoms with E-state index in [1.807, 2.05) is 22.9 Å². The zero-order chi connectivity index (χ0) is 18.5. The zero-order valence-corrected chi connectivity index (χ0v) is 15.4. The summed E-state index contributed by atoms with van der Waals surface area (Å²) in [5.74, 6) is -0.383. The highest BCUT2D eigenvalue weighted by atomic mass is 19.1. The summed E-state index contributed by atoms with van der Waals surface area (Å²) in [6.45, 7) is 1.75. The number of benzene rings is 1.